The number of thioether (sulfide) groups is 1. The van der Waals surface area contributed by atoms with Crippen molar-refractivity contribution in [3.8, 4) is 5.75 Å². The first-order valence-corrected chi connectivity index (χ1v) is 11.1. The van der Waals surface area contributed by atoms with Crippen LogP contribution in [0.1, 0.15) is 12.8 Å². The smallest absolute Gasteiger partial charge is 0.352 e. The number of carboxylic acid groups (broad SMARTS) is 1. The number of fused-ring (bicyclic) bond motifs is 1. The maximum absolute atomic E-state index is 12.7. The molecule has 0 spiro atoms. The van der Waals surface area contributed by atoms with Crippen molar-refractivity contribution in [1.29, 1.82) is 0 Å². The molecule has 166 valence electrons. The van der Waals surface area contributed by atoms with E-state index in [4.69, 9.17) is 14.2 Å². The summed E-state index contributed by atoms with van der Waals surface area (Å²) in [5.41, 5.74) is 0.584. The third-order valence-corrected chi connectivity index (χ3v) is 6.78. The summed E-state index contributed by atoms with van der Waals surface area (Å²) in [6.07, 6.45) is 1.03. The van der Waals surface area contributed by atoms with Gasteiger partial charge in [0, 0.05) is 12.9 Å². The minimum Gasteiger partial charge on any atom is -0.484 e. The summed E-state index contributed by atoms with van der Waals surface area (Å²) < 4.78 is 16.5. The van der Waals surface area contributed by atoms with E-state index in [0.29, 0.717) is 30.1 Å². The highest BCUT2D eigenvalue weighted by atomic mass is 32.2. The van der Waals surface area contributed by atoms with Gasteiger partial charge in [0.2, 0.25) is 0 Å². The summed E-state index contributed by atoms with van der Waals surface area (Å²) in [5.74, 6) is -1.06. The number of hydrogen-bond donors (Lipinski definition) is 2. The minimum absolute atomic E-state index is 0.0251. The third kappa shape index (κ3) is 4.41. The van der Waals surface area contributed by atoms with Crippen LogP contribution in [0.5, 0.6) is 5.75 Å². The summed E-state index contributed by atoms with van der Waals surface area (Å²) in [4.78, 5) is 38.3. The van der Waals surface area contributed by atoms with Crippen LogP contribution in [0.3, 0.4) is 0 Å². The van der Waals surface area contributed by atoms with Crippen molar-refractivity contribution in [2.24, 2.45) is 0 Å². The molecule has 0 bridgehead atoms. The Hall–Kier alpha value is -2.56. The van der Waals surface area contributed by atoms with E-state index in [-0.39, 0.29) is 24.5 Å². The average molecular weight is 448 g/mol. The van der Waals surface area contributed by atoms with Crippen LogP contribution in [0.25, 0.3) is 0 Å². The Morgan fingerprint density at radius 1 is 1.29 bits per heavy atom. The zero-order valence-corrected chi connectivity index (χ0v) is 17.8. The molecule has 0 aliphatic carbocycles. The van der Waals surface area contributed by atoms with E-state index in [9.17, 15) is 19.5 Å². The summed E-state index contributed by atoms with van der Waals surface area (Å²) >= 11 is 1.43. The number of nitrogens with zero attached hydrogens (tertiary/aromatic N) is 1. The molecule has 4 rings (SSSR count). The van der Waals surface area contributed by atoms with Crippen LogP contribution in [0.2, 0.25) is 0 Å². The number of carboxylic acids is 1. The first-order chi connectivity index (χ1) is 15.0. The van der Waals surface area contributed by atoms with Gasteiger partial charge in [-0.3, -0.25) is 14.5 Å². The Morgan fingerprint density at radius 2 is 2.06 bits per heavy atom. The highest BCUT2D eigenvalue weighted by molar-refractivity contribution is 8.00. The monoisotopic (exact) mass is 448 g/mol. The van der Waals surface area contributed by atoms with Gasteiger partial charge in [0.05, 0.1) is 18.8 Å². The number of aliphatic carboxylic acids is 1. The molecule has 10 heteroatoms. The SMILES string of the molecule is COCC1CCC(C2=C(C(=O)O)N3C(=O)[C@@H](NC(=O)COc4ccccc4)[C@H]3SC2)O1. The lowest BCUT2D eigenvalue weighted by Gasteiger charge is -2.49. The molecule has 2 amide bonds. The molecule has 3 aliphatic heterocycles. The Morgan fingerprint density at radius 3 is 2.77 bits per heavy atom. The van der Waals surface area contributed by atoms with Crippen LogP contribution in [0.15, 0.2) is 41.6 Å². The van der Waals surface area contributed by atoms with Gasteiger partial charge in [0.15, 0.2) is 6.61 Å². The largest absolute Gasteiger partial charge is 0.484 e. The fourth-order valence-corrected chi connectivity index (χ4v) is 5.45. The molecule has 3 heterocycles. The van der Waals surface area contributed by atoms with Crippen LogP contribution in [-0.2, 0) is 23.9 Å². The van der Waals surface area contributed by atoms with Crippen molar-refractivity contribution >= 4 is 29.5 Å². The molecule has 1 aromatic rings. The zero-order valence-electron chi connectivity index (χ0n) is 17.0. The predicted octanol–water partition coefficient (Wildman–Crippen LogP) is 0.998. The number of β-lactam (4-membered cyclic amide) rings is 1. The molecule has 2 saturated heterocycles. The topological polar surface area (TPSA) is 114 Å². The number of amides is 2. The van der Waals surface area contributed by atoms with Crippen molar-refractivity contribution in [1.82, 2.24) is 10.2 Å². The molecule has 2 N–H and O–H groups in total. The lowest BCUT2D eigenvalue weighted by atomic mass is 9.99. The van der Waals surface area contributed by atoms with Gasteiger partial charge in [0.25, 0.3) is 11.8 Å². The molecule has 0 radical (unpaired) electrons. The number of rotatable bonds is 8. The summed E-state index contributed by atoms with van der Waals surface area (Å²) in [5, 5.41) is 12.0. The molecule has 2 fully saturated rings. The van der Waals surface area contributed by atoms with Gasteiger partial charge in [0.1, 0.15) is 22.9 Å². The Labute approximate surface area is 183 Å². The second kappa shape index (κ2) is 9.29. The number of methoxy groups -OCH3 is 1. The standard InChI is InChI=1S/C21H24N2O7S/c1-28-9-13-7-8-15(30-13)14-11-31-20-17(19(25)23(20)18(14)21(26)27)22-16(24)10-29-12-5-3-2-4-6-12/h2-6,13,15,17,20H,7-11H2,1H3,(H,22,24)(H,26,27)/t13?,15?,17-,20-/m1/s1. The Kier molecular flexibility index (Phi) is 6.49. The molecule has 0 aromatic heterocycles. The van der Waals surface area contributed by atoms with Gasteiger partial charge < -0.3 is 24.6 Å². The van der Waals surface area contributed by atoms with E-state index in [1.165, 1.54) is 16.7 Å². The molecule has 4 atom stereocenters. The molecule has 2 unspecified atom stereocenters. The number of ether oxygens (including phenoxy) is 3. The van der Waals surface area contributed by atoms with Crippen molar-refractivity contribution in [3.05, 3.63) is 41.6 Å². The first-order valence-electron chi connectivity index (χ1n) is 10.0. The maximum atomic E-state index is 12.7. The maximum Gasteiger partial charge on any atom is 0.352 e. The second-order valence-corrected chi connectivity index (χ2v) is 8.62. The Bertz CT molecular complexity index is 891. The van der Waals surface area contributed by atoms with Gasteiger partial charge in [-0.1, -0.05) is 18.2 Å². The van der Waals surface area contributed by atoms with E-state index in [2.05, 4.69) is 5.32 Å². The lowest BCUT2D eigenvalue weighted by molar-refractivity contribution is -0.151. The van der Waals surface area contributed by atoms with Gasteiger partial charge in [-0.05, 0) is 30.5 Å². The number of para-hydroxylation sites is 1. The summed E-state index contributed by atoms with van der Waals surface area (Å²) in [6, 6.07) is 8.11. The quantitative estimate of drug-likeness (QED) is 0.566. The van der Waals surface area contributed by atoms with E-state index >= 15 is 0 Å². The number of hydrogen-bond acceptors (Lipinski definition) is 7. The summed E-state index contributed by atoms with van der Waals surface area (Å²) in [7, 11) is 1.59. The lowest BCUT2D eigenvalue weighted by Crippen LogP contribution is -2.71. The molecule has 0 saturated carbocycles. The van der Waals surface area contributed by atoms with Crippen LogP contribution >= 0.6 is 11.8 Å². The average Bonchev–Trinajstić information content (AvgIpc) is 3.24. The van der Waals surface area contributed by atoms with Crippen molar-refractivity contribution in [2.45, 2.75) is 36.5 Å². The molecule has 31 heavy (non-hydrogen) atoms. The fourth-order valence-electron chi connectivity index (χ4n) is 4.04. The van der Waals surface area contributed by atoms with Crippen LogP contribution < -0.4 is 10.1 Å². The first kappa shape index (κ1) is 21.7. The molecular weight excluding hydrogens is 424 g/mol. The van der Waals surface area contributed by atoms with Crippen LogP contribution in [0, 0.1) is 0 Å². The second-order valence-electron chi connectivity index (χ2n) is 7.52. The number of carbonyl (C=O) groups is 3. The highest BCUT2D eigenvalue weighted by Crippen LogP contribution is 2.43. The fraction of sp³-hybridized carbons (Fsp3) is 0.476. The molecular formula is C21H24N2O7S. The molecule has 3 aliphatic rings. The zero-order chi connectivity index (χ0) is 22.0. The third-order valence-electron chi connectivity index (χ3n) is 5.48. The van der Waals surface area contributed by atoms with Gasteiger partial charge in [-0.2, -0.15) is 0 Å². The van der Waals surface area contributed by atoms with Crippen molar-refractivity contribution < 1.29 is 33.7 Å². The van der Waals surface area contributed by atoms with Crippen molar-refractivity contribution in [2.75, 3.05) is 26.1 Å². The van der Waals surface area contributed by atoms with E-state index in [1.807, 2.05) is 6.07 Å². The number of nitrogens with one attached hydrogen (secondary N) is 1. The number of benzene rings is 1. The van der Waals surface area contributed by atoms with Crippen molar-refractivity contribution in [3.63, 3.8) is 0 Å². The van der Waals surface area contributed by atoms with Crippen LogP contribution in [0.4, 0.5) is 0 Å². The highest BCUT2D eigenvalue weighted by Gasteiger charge is 2.55. The van der Waals surface area contributed by atoms with Crippen LogP contribution in [-0.4, -0.2) is 77.5 Å². The van der Waals surface area contributed by atoms with Gasteiger partial charge in [-0.25, -0.2) is 4.79 Å². The van der Waals surface area contributed by atoms with Gasteiger partial charge >= 0.3 is 5.97 Å². The van der Waals surface area contributed by atoms with E-state index < -0.39 is 29.2 Å². The van der Waals surface area contributed by atoms with Gasteiger partial charge in [-0.15, -0.1) is 11.8 Å². The summed E-state index contributed by atoms with van der Waals surface area (Å²) in [6.45, 7) is 0.221. The number of carbonyl (C=O) groups excluding carboxylic acids is 2. The molecule has 1 aromatic carbocycles. The molecule has 9 nitrogen and oxygen atoms in total. The Balaban J connectivity index is 1.40. The normalized spacial score (nSPS) is 27.5. The predicted molar refractivity (Wildman–Crippen MR) is 111 cm³/mol. The van der Waals surface area contributed by atoms with E-state index in [0.717, 1.165) is 6.42 Å². The van der Waals surface area contributed by atoms with E-state index in [1.54, 1.807) is 31.4 Å². The minimum atomic E-state index is -1.16.